The van der Waals surface area contributed by atoms with E-state index in [-0.39, 0.29) is 6.10 Å². The first-order valence-corrected chi connectivity index (χ1v) is 6.23. The summed E-state index contributed by atoms with van der Waals surface area (Å²) in [6.07, 6.45) is 0.740. The Morgan fingerprint density at radius 2 is 2.00 bits per heavy atom. The average molecular weight is 262 g/mol. The molecule has 0 saturated heterocycles. The van der Waals surface area contributed by atoms with Crippen LogP contribution in [0.1, 0.15) is 19.7 Å². The Hall–Kier alpha value is -2.08. The Morgan fingerprint density at radius 1 is 1.26 bits per heavy atom. The molecule has 3 N–H and O–H groups in total. The average Bonchev–Trinajstić information content (AvgIpc) is 2.79. The minimum Gasteiger partial charge on any atom is -0.491 e. The van der Waals surface area contributed by atoms with Gasteiger partial charge in [-0.2, -0.15) is 0 Å². The molecule has 0 radical (unpaired) electrons. The zero-order valence-corrected chi connectivity index (χ0v) is 11.1. The van der Waals surface area contributed by atoms with Gasteiger partial charge in [0.25, 0.3) is 0 Å². The first-order valence-electron chi connectivity index (χ1n) is 6.23. The maximum absolute atomic E-state index is 5.56. The normalized spacial score (nSPS) is 10.7. The van der Waals surface area contributed by atoms with Crippen LogP contribution in [0.3, 0.4) is 0 Å². The van der Waals surface area contributed by atoms with Gasteiger partial charge in [-0.15, -0.1) is 5.10 Å². The second-order valence-corrected chi connectivity index (χ2v) is 4.36. The summed E-state index contributed by atoms with van der Waals surface area (Å²) >= 11 is 0. The molecule has 0 aliphatic carbocycles. The highest BCUT2D eigenvalue weighted by Crippen LogP contribution is 2.20. The smallest absolute Gasteiger partial charge is 0.320 e. The summed E-state index contributed by atoms with van der Waals surface area (Å²) in [4.78, 5) is 0. The molecule has 0 bridgehead atoms. The fourth-order valence-corrected chi connectivity index (χ4v) is 1.54. The van der Waals surface area contributed by atoms with Gasteiger partial charge in [0, 0.05) is 18.7 Å². The first kappa shape index (κ1) is 13.4. The Bertz CT molecular complexity index is 508. The predicted molar refractivity (Wildman–Crippen MR) is 72.5 cm³/mol. The minimum absolute atomic E-state index is 0.161. The van der Waals surface area contributed by atoms with E-state index in [4.69, 9.17) is 14.9 Å². The van der Waals surface area contributed by atoms with Gasteiger partial charge in [-0.3, -0.25) is 0 Å². The molecule has 0 unspecified atom stereocenters. The van der Waals surface area contributed by atoms with Crippen LogP contribution in [-0.2, 0) is 6.42 Å². The number of hydrogen-bond donors (Lipinski definition) is 2. The van der Waals surface area contributed by atoms with Crippen molar-refractivity contribution in [2.24, 2.45) is 5.73 Å². The van der Waals surface area contributed by atoms with E-state index >= 15 is 0 Å². The SMILES string of the molecule is CC(C)Oc1ccc(Nc2nnc(CCN)o2)cc1. The molecule has 0 saturated carbocycles. The van der Waals surface area contributed by atoms with E-state index in [2.05, 4.69) is 15.5 Å². The van der Waals surface area contributed by atoms with Gasteiger partial charge in [0.1, 0.15) is 5.75 Å². The first-order chi connectivity index (χ1) is 9.17. The molecule has 0 aliphatic heterocycles. The number of rotatable bonds is 6. The third-order valence-electron chi connectivity index (χ3n) is 2.30. The lowest BCUT2D eigenvalue weighted by Crippen LogP contribution is -2.05. The van der Waals surface area contributed by atoms with E-state index in [1.54, 1.807) is 0 Å². The number of anilines is 2. The quantitative estimate of drug-likeness (QED) is 0.829. The fourth-order valence-electron chi connectivity index (χ4n) is 1.54. The maximum Gasteiger partial charge on any atom is 0.320 e. The zero-order chi connectivity index (χ0) is 13.7. The van der Waals surface area contributed by atoms with Crippen LogP contribution in [0, 0.1) is 0 Å². The van der Waals surface area contributed by atoms with Crippen molar-refractivity contribution < 1.29 is 9.15 Å². The van der Waals surface area contributed by atoms with E-state index < -0.39 is 0 Å². The molecule has 0 spiro atoms. The van der Waals surface area contributed by atoms with Crippen molar-refractivity contribution in [1.82, 2.24) is 10.2 Å². The number of nitrogens with zero attached hydrogens (tertiary/aromatic N) is 2. The summed E-state index contributed by atoms with van der Waals surface area (Å²) in [7, 11) is 0. The summed E-state index contributed by atoms with van der Waals surface area (Å²) in [5.41, 5.74) is 6.28. The molecule has 2 aromatic rings. The molecule has 1 aromatic carbocycles. The standard InChI is InChI=1S/C13H18N4O2/c1-9(2)18-11-5-3-10(4-6-11)15-13-17-16-12(19-13)7-8-14/h3-6,9H,7-8,14H2,1-2H3,(H,15,17). The number of hydrogen-bond acceptors (Lipinski definition) is 6. The lowest BCUT2D eigenvalue weighted by atomic mass is 10.3. The van der Waals surface area contributed by atoms with Crippen molar-refractivity contribution in [3.8, 4) is 5.75 Å². The monoisotopic (exact) mass is 262 g/mol. The molecule has 1 aromatic heterocycles. The van der Waals surface area contributed by atoms with Gasteiger partial charge in [0.2, 0.25) is 5.89 Å². The fraction of sp³-hybridized carbons (Fsp3) is 0.385. The molecule has 0 amide bonds. The molecule has 6 nitrogen and oxygen atoms in total. The Labute approximate surface area is 112 Å². The number of benzene rings is 1. The third-order valence-corrected chi connectivity index (χ3v) is 2.30. The zero-order valence-electron chi connectivity index (χ0n) is 11.1. The number of nitrogens with one attached hydrogen (secondary N) is 1. The number of nitrogens with two attached hydrogens (primary N) is 1. The molecule has 0 aliphatic rings. The van der Waals surface area contributed by atoms with Crippen molar-refractivity contribution in [3.63, 3.8) is 0 Å². The van der Waals surface area contributed by atoms with Crippen LogP contribution in [-0.4, -0.2) is 22.8 Å². The van der Waals surface area contributed by atoms with Gasteiger partial charge in [0.05, 0.1) is 6.10 Å². The van der Waals surface area contributed by atoms with Crippen LogP contribution in [0.2, 0.25) is 0 Å². The van der Waals surface area contributed by atoms with E-state index in [9.17, 15) is 0 Å². The molecule has 19 heavy (non-hydrogen) atoms. The lowest BCUT2D eigenvalue weighted by Gasteiger charge is -2.09. The summed E-state index contributed by atoms with van der Waals surface area (Å²) in [5, 5.41) is 10.8. The summed E-state index contributed by atoms with van der Waals surface area (Å²) in [5.74, 6) is 1.36. The molecular weight excluding hydrogens is 244 g/mol. The maximum atomic E-state index is 5.56. The van der Waals surface area contributed by atoms with E-state index in [0.29, 0.717) is 24.9 Å². The van der Waals surface area contributed by atoms with Crippen LogP contribution < -0.4 is 15.8 Å². The van der Waals surface area contributed by atoms with E-state index in [0.717, 1.165) is 11.4 Å². The lowest BCUT2D eigenvalue weighted by molar-refractivity contribution is 0.242. The summed E-state index contributed by atoms with van der Waals surface area (Å²) < 4.78 is 10.9. The molecule has 102 valence electrons. The second kappa shape index (κ2) is 6.19. The molecular formula is C13H18N4O2. The Balaban J connectivity index is 1.98. The van der Waals surface area contributed by atoms with Crippen LogP contribution in [0.5, 0.6) is 5.75 Å². The van der Waals surface area contributed by atoms with Gasteiger partial charge in [-0.1, -0.05) is 5.10 Å². The van der Waals surface area contributed by atoms with Crippen molar-refractivity contribution >= 4 is 11.7 Å². The third kappa shape index (κ3) is 3.96. The van der Waals surface area contributed by atoms with Crippen molar-refractivity contribution in [3.05, 3.63) is 30.2 Å². The summed E-state index contributed by atoms with van der Waals surface area (Å²) in [6, 6.07) is 7.93. The highest BCUT2D eigenvalue weighted by Gasteiger charge is 2.05. The van der Waals surface area contributed by atoms with Crippen molar-refractivity contribution in [1.29, 1.82) is 0 Å². The highest BCUT2D eigenvalue weighted by atomic mass is 16.5. The van der Waals surface area contributed by atoms with Crippen LogP contribution in [0.15, 0.2) is 28.7 Å². The molecule has 0 fully saturated rings. The minimum atomic E-state index is 0.161. The van der Waals surface area contributed by atoms with E-state index in [1.807, 2.05) is 38.1 Å². The van der Waals surface area contributed by atoms with E-state index in [1.165, 1.54) is 0 Å². The summed E-state index contributed by atoms with van der Waals surface area (Å²) in [6.45, 7) is 4.47. The van der Waals surface area contributed by atoms with Crippen molar-refractivity contribution in [2.75, 3.05) is 11.9 Å². The second-order valence-electron chi connectivity index (χ2n) is 4.36. The highest BCUT2D eigenvalue weighted by molar-refractivity contribution is 5.53. The topological polar surface area (TPSA) is 86.2 Å². The van der Waals surface area contributed by atoms with Gasteiger partial charge in [0.15, 0.2) is 0 Å². The molecule has 6 heteroatoms. The van der Waals surface area contributed by atoms with Gasteiger partial charge in [-0.25, -0.2) is 0 Å². The Kier molecular flexibility index (Phi) is 4.35. The molecule has 1 heterocycles. The number of ether oxygens (including phenoxy) is 1. The van der Waals surface area contributed by atoms with Crippen LogP contribution in [0.4, 0.5) is 11.7 Å². The largest absolute Gasteiger partial charge is 0.491 e. The number of aromatic nitrogens is 2. The van der Waals surface area contributed by atoms with Gasteiger partial charge in [-0.05, 0) is 38.1 Å². The molecule has 0 atom stereocenters. The van der Waals surface area contributed by atoms with Crippen LogP contribution >= 0.6 is 0 Å². The van der Waals surface area contributed by atoms with Crippen LogP contribution in [0.25, 0.3) is 0 Å². The van der Waals surface area contributed by atoms with Gasteiger partial charge < -0.3 is 20.2 Å². The van der Waals surface area contributed by atoms with Gasteiger partial charge >= 0.3 is 6.01 Å². The Morgan fingerprint density at radius 3 is 2.63 bits per heavy atom. The predicted octanol–water partition coefficient (Wildman–Crippen LogP) is 2.10. The van der Waals surface area contributed by atoms with Crippen molar-refractivity contribution in [2.45, 2.75) is 26.4 Å². The molecule has 2 rings (SSSR count).